The second-order valence-corrected chi connectivity index (χ2v) is 7.22. The van der Waals surface area contributed by atoms with Gasteiger partial charge in [-0.25, -0.2) is 4.79 Å². The van der Waals surface area contributed by atoms with Crippen molar-refractivity contribution in [1.82, 2.24) is 10.2 Å². The molecule has 1 heterocycles. The SMILES string of the molecule is COc1ccccc1[C@@H](CNC(=O)COc1ccc2c(C)cc(=O)oc2c1)N(C)C. The number of nitrogens with zero attached hydrogens (tertiary/aromatic N) is 1. The van der Waals surface area contributed by atoms with E-state index in [1.165, 1.54) is 6.07 Å². The lowest BCUT2D eigenvalue weighted by Gasteiger charge is -2.26. The van der Waals surface area contributed by atoms with Gasteiger partial charge in [-0.15, -0.1) is 0 Å². The number of methoxy groups -OCH3 is 1. The molecule has 0 bridgehead atoms. The molecule has 1 atom stereocenters. The van der Waals surface area contributed by atoms with Gasteiger partial charge in [0.2, 0.25) is 0 Å². The van der Waals surface area contributed by atoms with Crippen molar-refractivity contribution in [2.75, 3.05) is 34.4 Å². The van der Waals surface area contributed by atoms with Gasteiger partial charge in [0.15, 0.2) is 6.61 Å². The first-order valence-electron chi connectivity index (χ1n) is 9.62. The molecule has 3 aromatic rings. The number of hydrogen-bond donors (Lipinski definition) is 1. The van der Waals surface area contributed by atoms with E-state index in [-0.39, 0.29) is 18.6 Å². The first kappa shape index (κ1) is 21.4. The van der Waals surface area contributed by atoms with Crippen molar-refractivity contribution in [2.45, 2.75) is 13.0 Å². The largest absolute Gasteiger partial charge is 0.496 e. The highest BCUT2D eigenvalue weighted by Crippen LogP contribution is 2.27. The van der Waals surface area contributed by atoms with Crippen molar-refractivity contribution in [3.63, 3.8) is 0 Å². The molecule has 7 nitrogen and oxygen atoms in total. The molecule has 2 aromatic carbocycles. The van der Waals surface area contributed by atoms with Crippen LogP contribution in [0.2, 0.25) is 0 Å². The molecular weight excluding hydrogens is 384 g/mol. The van der Waals surface area contributed by atoms with Crippen LogP contribution in [0.3, 0.4) is 0 Å². The molecule has 158 valence electrons. The molecule has 0 saturated carbocycles. The highest BCUT2D eigenvalue weighted by molar-refractivity contribution is 5.81. The van der Waals surface area contributed by atoms with Crippen molar-refractivity contribution in [3.05, 3.63) is 70.1 Å². The Morgan fingerprint density at radius 2 is 1.93 bits per heavy atom. The minimum atomic E-state index is -0.416. The number of rotatable bonds is 8. The summed E-state index contributed by atoms with van der Waals surface area (Å²) in [5.41, 5.74) is 1.84. The van der Waals surface area contributed by atoms with E-state index in [1.807, 2.05) is 56.3 Å². The number of carbonyl (C=O) groups is 1. The third-order valence-corrected chi connectivity index (χ3v) is 4.91. The highest BCUT2D eigenvalue weighted by Gasteiger charge is 2.19. The molecular formula is C23H26N2O5. The summed E-state index contributed by atoms with van der Waals surface area (Å²) in [7, 11) is 5.53. The second-order valence-electron chi connectivity index (χ2n) is 7.22. The molecule has 0 spiro atoms. The van der Waals surface area contributed by atoms with Crippen LogP contribution in [0.25, 0.3) is 11.0 Å². The predicted molar refractivity (Wildman–Crippen MR) is 115 cm³/mol. The molecule has 0 aliphatic heterocycles. The lowest BCUT2D eigenvalue weighted by molar-refractivity contribution is -0.123. The predicted octanol–water partition coefficient (Wildman–Crippen LogP) is 2.91. The standard InChI is InChI=1S/C23H26N2O5/c1-15-11-23(27)30-21-12-16(9-10-17(15)21)29-14-22(26)24-13-19(25(2)3)18-7-5-6-8-20(18)28-4/h5-12,19H,13-14H2,1-4H3,(H,24,26)/t19-/m1/s1. The summed E-state index contributed by atoms with van der Waals surface area (Å²) in [6.07, 6.45) is 0. The molecule has 0 aliphatic rings. The van der Waals surface area contributed by atoms with E-state index in [2.05, 4.69) is 5.32 Å². The van der Waals surface area contributed by atoms with Gasteiger partial charge in [-0.2, -0.15) is 0 Å². The van der Waals surface area contributed by atoms with E-state index >= 15 is 0 Å². The molecule has 0 saturated heterocycles. The third-order valence-electron chi connectivity index (χ3n) is 4.91. The summed E-state index contributed by atoms with van der Waals surface area (Å²) < 4.78 is 16.2. The van der Waals surface area contributed by atoms with Crippen molar-refractivity contribution in [2.24, 2.45) is 0 Å². The quantitative estimate of drug-likeness (QED) is 0.575. The molecule has 1 aromatic heterocycles. The minimum Gasteiger partial charge on any atom is -0.496 e. The Labute approximate surface area is 175 Å². The van der Waals surface area contributed by atoms with E-state index in [9.17, 15) is 9.59 Å². The number of hydrogen-bond acceptors (Lipinski definition) is 6. The van der Waals surface area contributed by atoms with E-state index < -0.39 is 5.63 Å². The number of carbonyl (C=O) groups excluding carboxylic acids is 1. The monoisotopic (exact) mass is 410 g/mol. The van der Waals surface area contributed by atoms with Crippen LogP contribution in [-0.4, -0.2) is 45.2 Å². The van der Waals surface area contributed by atoms with Gasteiger partial charge in [-0.1, -0.05) is 18.2 Å². The van der Waals surface area contributed by atoms with Crippen molar-refractivity contribution >= 4 is 16.9 Å². The summed E-state index contributed by atoms with van der Waals surface area (Å²) in [4.78, 5) is 25.9. The van der Waals surface area contributed by atoms with Crippen molar-refractivity contribution < 1.29 is 18.7 Å². The van der Waals surface area contributed by atoms with Crippen LogP contribution in [-0.2, 0) is 4.79 Å². The van der Waals surface area contributed by atoms with E-state index in [0.717, 1.165) is 22.3 Å². The molecule has 1 N–H and O–H groups in total. The maximum Gasteiger partial charge on any atom is 0.336 e. The fraction of sp³-hybridized carbons (Fsp3) is 0.304. The normalized spacial score (nSPS) is 12.0. The summed E-state index contributed by atoms with van der Waals surface area (Å²) >= 11 is 0. The summed E-state index contributed by atoms with van der Waals surface area (Å²) in [5.74, 6) is 0.984. The van der Waals surface area contributed by atoms with Gasteiger partial charge >= 0.3 is 5.63 Å². The van der Waals surface area contributed by atoms with Gasteiger partial charge in [0.05, 0.1) is 13.2 Å². The van der Waals surface area contributed by atoms with Crippen LogP contribution in [0.4, 0.5) is 0 Å². The Morgan fingerprint density at radius 1 is 1.17 bits per heavy atom. The van der Waals surface area contributed by atoms with Crippen LogP contribution in [0.15, 0.2) is 57.7 Å². The zero-order chi connectivity index (χ0) is 21.7. The van der Waals surface area contributed by atoms with Crippen LogP contribution < -0.4 is 20.4 Å². The summed E-state index contributed by atoms with van der Waals surface area (Å²) in [6.45, 7) is 2.10. The van der Waals surface area contributed by atoms with Gasteiger partial charge in [-0.3, -0.25) is 4.79 Å². The fourth-order valence-electron chi connectivity index (χ4n) is 3.32. The maximum absolute atomic E-state index is 12.3. The summed E-state index contributed by atoms with van der Waals surface area (Å²) in [5, 5.41) is 3.74. The highest BCUT2D eigenvalue weighted by atomic mass is 16.5. The lowest BCUT2D eigenvalue weighted by atomic mass is 10.0. The molecule has 3 rings (SSSR count). The lowest BCUT2D eigenvalue weighted by Crippen LogP contribution is -2.37. The first-order valence-corrected chi connectivity index (χ1v) is 9.62. The Kier molecular flexibility index (Phi) is 6.74. The Bertz CT molecular complexity index is 1090. The maximum atomic E-state index is 12.3. The molecule has 0 radical (unpaired) electrons. The minimum absolute atomic E-state index is 0.0528. The number of amides is 1. The zero-order valence-electron chi connectivity index (χ0n) is 17.6. The molecule has 7 heteroatoms. The second kappa shape index (κ2) is 9.45. The van der Waals surface area contributed by atoms with Gasteiger partial charge < -0.3 is 24.1 Å². The molecule has 0 aliphatic carbocycles. The number of fused-ring (bicyclic) bond motifs is 1. The van der Waals surface area contributed by atoms with Crippen molar-refractivity contribution in [1.29, 1.82) is 0 Å². The average Bonchev–Trinajstić information content (AvgIpc) is 2.72. The number of benzene rings is 2. The van der Waals surface area contributed by atoms with Crippen LogP contribution in [0.1, 0.15) is 17.2 Å². The number of aryl methyl sites for hydroxylation is 1. The average molecular weight is 410 g/mol. The van der Waals surface area contributed by atoms with E-state index in [4.69, 9.17) is 13.9 Å². The smallest absolute Gasteiger partial charge is 0.336 e. The Balaban J connectivity index is 1.62. The summed E-state index contributed by atoms with van der Waals surface area (Å²) in [6, 6.07) is 14.3. The first-order chi connectivity index (χ1) is 14.4. The molecule has 0 unspecified atom stereocenters. The number of para-hydroxylation sites is 1. The van der Waals surface area contributed by atoms with Gasteiger partial charge in [0.1, 0.15) is 17.1 Å². The van der Waals surface area contributed by atoms with Crippen LogP contribution >= 0.6 is 0 Å². The van der Waals surface area contributed by atoms with Crippen molar-refractivity contribution in [3.8, 4) is 11.5 Å². The van der Waals surface area contributed by atoms with Crippen LogP contribution in [0, 0.1) is 6.92 Å². The zero-order valence-corrected chi connectivity index (χ0v) is 17.6. The Morgan fingerprint density at radius 3 is 2.67 bits per heavy atom. The third kappa shape index (κ3) is 4.99. The molecule has 0 fully saturated rings. The van der Waals surface area contributed by atoms with Gasteiger partial charge in [0, 0.05) is 29.6 Å². The van der Waals surface area contributed by atoms with E-state index in [0.29, 0.717) is 17.9 Å². The van der Waals surface area contributed by atoms with Gasteiger partial charge in [0.25, 0.3) is 5.91 Å². The molecule has 1 amide bonds. The Hall–Kier alpha value is -3.32. The fourth-order valence-corrected chi connectivity index (χ4v) is 3.32. The van der Waals surface area contributed by atoms with Crippen LogP contribution in [0.5, 0.6) is 11.5 Å². The van der Waals surface area contributed by atoms with E-state index in [1.54, 1.807) is 19.2 Å². The van der Waals surface area contributed by atoms with Gasteiger partial charge in [-0.05, 0) is 44.8 Å². The number of ether oxygens (including phenoxy) is 2. The molecule has 30 heavy (non-hydrogen) atoms. The number of likely N-dealkylation sites (N-methyl/N-ethyl adjacent to an activating group) is 1. The number of nitrogens with one attached hydrogen (secondary N) is 1. The topological polar surface area (TPSA) is 81.0 Å².